The second-order valence-corrected chi connectivity index (χ2v) is 10.6. The van der Waals surface area contributed by atoms with Crippen molar-refractivity contribution in [3.05, 3.63) is 18.2 Å². The Balaban J connectivity index is 1.50. The normalized spacial score (nSPS) is 23.3. The molecule has 170 valence electrons. The van der Waals surface area contributed by atoms with Crippen molar-refractivity contribution >= 4 is 27.5 Å². The maximum atomic E-state index is 13.0. The Morgan fingerprint density at radius 2 is 1.81 bits per heavy atom. The molecular weight excluding hydrogens is 418 g/mol. The van der Waals surface area contributed by atoms with Gasteiger partial charge in [-0.2, -0.15) is 4.31 Å². The lowest BCUT2D eigenvalue weighted by molar-refractivity contribution is -0.129. The Morgan fingerprint density at radius 1 is 1.10 bits per heavy atom. The van der Waals surface area contributed by atoms with Gasteiger partial charge in [0, 0.05) is 32.1 Å². The molecular formula is C22H31N3O5S. The first-order valence-corrected chi connectivity index (χ1v) is 12.6. The minimum absolute atomic E-state index is 0.0282. The van der Waals surface area contributed by atoms with Gasteiger partial charge in [-0.25, -0.2) is 8.42 Å². The van der Waals surface area contributed by atoms with Gasteiger partial charge in [0.1, 0.15) is 5.75 Å². The van der Waals surface area contributed by atoms with Crippen molar-refractivity contribution in [3.8, 4) is 5.75 Å². The summed E-state index contributed by atoms with van der Waals surface area (Å²) in [7, 11) is -2.15. The summed E-state index contributed by atoms with van der Waals surface area (Å²) in [6, 6.07) is 4.79. The van der Waals surface area contributed by atoms with Gasteiger partial charge in [-0.15, -0.1) is 0 Å². The van der Waals surface area contributed by atoms with E-state index in [4.69, 9.17) is 4.74 Å². The first-order chi connectivity index (χ1) is 14.9. The number of ether oxygens (including phenoxy) is 1. The highest BCUT2D eigenvalue weighted by Crippen LogP contribution is 2.33. The molecule has 2 heterocycles. The molecule has 8 nitrogen and oxygen atoms in total. The van der Waals surface area contributed by atoms with E-state index < -0.39 is 15.9 Å². The molecule has 4 rings (SSSR count). The van der Waals surface area contributed by atoms with Gasteiger partial charge in [0.15, 0.2) is 0 Å². The van der Waals surface area contributed by atoms with Crippen molar-refractivity contribution in [2.24, 2.45) is 5.92 Å². The highest BCUT2D eigenvalue weighted by Gasteiger charge is 2.39. The Morgan fingerprint density at radius 3 is 2.48 bits per heavy atom. The number of nitrogens with zero attached hydrogens (tertiary/aromatic N) is 2. The van der Waals surface area contributed by atoms with E-state index in [0.29, 0.717) is 31.1 Å². The van der Waals surface area contributed by atoms with Crippen molar-refractivity contribution in [1.82, 2.24) is 9.21 Å². The number of hydrogen-bond donors (Lipinski definition) is 1. The van der Waals surface area contributed by atoms with Crippen LogP contribution >= 0.6 is 0 Å². The molecule has 9 heteroatoms. The Labute approximate surface area is 184 Å². The number of carbonyl (C=O) groups excluding carboxylic acids is 2. The monoisotopic (exact) mass is 449 g/mol. The maximum absolute atomic E-state index is 13.0. The molecule has 1 aromatic rings. The van der Waals surface area contributed by atoms with Crippen LogP contribution in [0.15, 0.2) is 23.1 Å². The number of benzene rings is 1. The number of likely N-dealkylation sites (tertiary alicyclic amines) is 1. The summed E-state index contributed by atoms with van der Waals surface area (Å²) in [6.07, 6.45) is 7.19. The fraction of sp³-hybridized carbons (Fsp3) is 0.636. The van der Waals surface area contributed by atoms with Crippen LogP contribution in [0, 0.1) is 5.92 Å². The second-order valence-electron chi connectivity index (χ2n) is 8.70. The summed E-state index contributed by atoms with van der Waals surface area (Å²) in [5.74, 6) is -0.303. The molecule has 0 bridgehead atoms. The fourth-order valence-corrected chi connectivity index (χ4v) is 6.45. The standard InChI is InChI=1S/C22H31N3O5S/c1-30-20-10-9-18(31(28,29)24-11-5-2-6-12-24)14-19(20)23-22(27)16-13-21(26)25(15-16)17-7-3-4-8-17/h9-10,14,16-17H,2-8,11-13,15H2,1H3,(H,23,27). The molecule has 0 spiro atoms. The van der Waals surface area contributed by atoms with Crippen LogP contribution < -0.4 is 10.1 Å². The van der Waals surface area contributed by atoms with Gasteiger partial charge >= 0.3 is 0 Å². The number of nitrogens with one attached hydrogen (secondary N) is 1. The van der Waals surface area contributed by atoms with Gasteiger partial charge < -0.3 is 15.0 Å². The molecule has 2 aliphatic heterocycles. The van der Waals surface area contributed by atoms with Crippen LogP contribution in [-0.2, 0) is 19.6 Å². The Kier molecular flexibility index (Phi) is 6.52. The van der Waals surface area contributed by atoms with Crippen LogP contribution in [0.4, 0.5) is 5.69 Å². The van der Waals surface area contributed by atoms with Crippen molar-refractivity contribution in [1.29, 1.82) is 0 Å². The van der Waals surface area contributed by atoms with Crippen LogP contribution in [0.25, 0.3) is 0 Å². The Hall–Kier alpha value is -2.13. The molecule has 1 atom stereocenters. The molecule has 1 aliphatic carbocycles. The largest absolute Gasteiger partial charge is 0.495 e. The minimum atomic E-state index is -3.63. The van der Waals surface area contributed by atoms with E-state index in [0.717, 1.165) is 44.9 Å². The number of piperidine rings is 1. The molecule has 2 amide bonds. The van der Waals surface area contributed by atoms with E-state index in [1.165, 1.54) is 23.5 Å². The number of hydrogen-bond acceptors (Lipinski definition) is 5. The molecule has 1 aromatic carbocycles. The quantitative estimate of drug-likeness (QED) is 0.720. The van der Waals surface area contributed by atoms with Crippen molar-refractivity contribution in [2.75, 3.05) is 32.1 Å². The van der Waals surface area contributed by atoms with E-state index in [1.807, 2.05) is 4.90 Å². The van der Waals surface area contributed by atoms with Crippen molar-refractivity contribution < 1.29 is 22.7 Å². The summed E-state index contributed by atoms with van der Waals surface area (Å²) >= 11 is 0. The van der Waals surface area contributed by atoms with Gasteiger partial charge in [-0.05, 0) is 43.9 Å². The summed E-state index contributed by atoms with van der Waals surface area (Å²) in [5.41, 5.74) is 0.317. The third-order valence-electron chi connectivity index (χ3n) is 6.68. The lowest BCUT2D eigenvalue weighted by atomic mass is 10.1. The first-order valence-electron chi connectivity index (χ1n) is 11.2. The summed E-state index contributed by atoms with van der Waals surface area (Å²) in [5, 5.41) is 2.82. The average Bonchev–Trinajstić information content (AvgIpc) is 3.44. The highest BCUT2D eigenvalue weighted by molar-refractivity contribution is 7.89. The average molecular weight is 450 g/mol. The predicted molar refractivity (Wildman–Crippen MR) is 116 cm³/mol. The van der Waals surface area contributed by atoms with Crippen LogP contribution in [0.1, 0.15) is 51.4 Å². The number of methoxy groups -OCH3 is 1. The fourth-order valence-electron chi connectivity index (χ4n) is 4.91. The first kappa shape index (κ1) is 22.1. The molecule has 0 radical (unpaired) electrons. The third kappa shape index (κ3) is 4.57. The maximum Gasteiger partial charge on any atom is 0.243 e. The lowest BCUT2D eigenvalue weighted by Crippen LogP contribution is -2.36. The van der Waals surface area contributed by atoms with E-state index in [9.17, 15) is 18.0 Å². The molecule has 1 saturated carbocycles. The predicted octanol–water partition coefficient (Wildman–Crippen LogP) is 2.60. The molecule has 31 heavy (non-hydrogen) atoms. The van der Waals surface area contributed by atoms with E-state index in [-0.39, 0.29) is 29.2 Å². The van der Waals surface area contributed by atoms with Crippen LogP contribution in [0.3, 0.4) is 0 Å². The van der Waals surface area contributed by atoms with E-state index in [1.54, 1.807) is 6.07 Å². The summed E-state index contributed by atoms with van der Waals surface area (Å²) in [6.45, 7) is 1.44. The lowest BCUT2D eigenvalue weighted by Gasteiger charge is -2.26. The van der Waals surface area contributed by atoms with Crippen molar-refractivity contribution in [3.63, 3.8) is 0 Å². The minimum Gasteiger partial charge on any atom is -0.495 e. The van der Waals surface area contributed by atoms with Crippen LogP contribution in [0.2, 0.25) is 0 Å². The smallest absolute Gasteiger partial charge is 0.243 e. The highest BCUT2D eigenvalue weighted by atomic mass is 32.2. The number of carbonyl (C=O) groups is 2. The summed E-state index contributed by atoms with van der Waals surface area (Å²) < 4.78 is 32.9. The third-order valence-corrected chi connectivity index (χ3v) is 8.57. The molecule has 1 unspecified atom stereocenters. The topological polar surface area (TPSA) is 96.0 Å². The number of sulfonamides is 1. The zero-order valence-electron chi connectivity index (χ0n) is 18.0. The SMILES string of the molecule is COc1ccc(S(=O)(=O)N2CCCCC2)cc1NC(=O)C1CC(=O)N(C2CCCC2)C1. The number of amides is 2. The van der Waals surface area contributed by atoms with Gasteiger partial charge in [-0.3, -0.25) is 9.59 Å². The molecule has 0 aromatic heterocycles. The zero-order valence-corrected chi connectivity index (χ0v) is 18.8. The number of anilines is 1. The number of rotatable bonds is 6. The van der Waals surface area contributed by atoms with Crippen LogP contribution in [0.5, 0.6) is 5.75 Å². The summed E-state index contributed by atoms with van der Waals surface area (Å²) in [4.78, 5) is 27.4. The molecule has 3 aliphatic rings. The van der Waals surface area contributed by atoms with E-state index in [2.05, 4.69) is 5.32 Å². The van der Waals surface area contributed by atoms with Gasteiger partial charge in [0.25, 0.3) is 0 Å². The van der Waals surface area contributed by atoms with Gasteiger partial charge in [0.2, 0.25) is 21.8 Å². The van der Waals surface area contributed by atoms with Crippen LogP contribution in [-0.4, -0.2) is 62.2 Å². The zero-order chi connectivity index (χ0) is 22.0. The molecule has 1 N–H and O–H groups in total. The Bertz CT molecular complexity index is 936. The van der Waals surface area contributed by atoms with Crippen molar-refractivity contribution in [2.45, 2.75) is 62.3 Å². The molecule has 3 fully saturated rings. The van der Waals surface area contributed by atoms with E-state index >= 15 is 0 Å². The second kappa shape index (κ2) is 9.16. The van der Waals surface area contributed by atoms with Gasteiger partial charge in [-0.1, -0.05) is 19.3 Å². The molecule has 2 saturated heterocycles. The van der Waals surface area contributed by atoms with Gasteiger partial charge in [0.05, 0.1) is 23.6 Å².